The zero-order valence-corrected chi connectivity index (χ0v) is 16.3. The van der Waals surface area contributed by atoms with Crippen molar-refractivity contribution in [3.63, 3.8) is 0 Å². The summed E-state index contributed by atoms with van der Waals surface area (Å²) in [7, 11) is 1.51. The fourth-order valence-electron chi connectivity index (χ4n) is 3.02. The van der Waals surface area contributed by atoms with Gasteiger partial charge in [-0.2, -0.15) is 0 Å². The van der Waals surface area contributed by atoms with Gasteiger partial charge < -0.3 is 11.1 Å². The van der Waals surface area contributed by atoms with Crippen molar-refractivity contribution < 1.29 is 14.0 Å². The Morgan fingerprint density at radius 1 is 1.34 bits per heavy atom. The van der Waals surface area contributed by atoms with E-state index in [1.165, 1.54) is 36.3 Å². The molecule has 0 saturated heterocycles. The number of hydrogen-bond acceptors (Lipinski definition) is 5. The Morgan fingerprint density at radius 2 is 2.10 bits per heavy atom. The second kappa shape index (κ2) is 7.72. The molecule has 1 aliphatic rings. The van der Waals surface area contributed by atoms with Gasteiger partial charge in [0.25, 0.3) is 5.91 Å². The summed E-state index contributed by atoms with van der Waals surface area (Å²) >= 11 is 0. The SMILES string of the molecule is CC#Cc1ccc(C(=O)Nc2ccc(F)c([C@]3(C)CC(=O)N(C)C(N)=N3)c2)nc1. The number of guanidine groups is 1. The molecule has 2 aromatic rings. The first kappa shape index (κ1) is 20.0. The van der Waals surface area contributed by atoms with Gasteiger partial charge in [-0.3, -0.25) is 14.5 Å². The van der Waals surface area contributed by atoms with E-state index in [-0.39, 0.29) is 29.5 Å². The molecule has 7 nitrogen and oxygen atoms in total. The molecule has 1 aromatic carbocycles. The number of aromatic nitrogens is 1. The first-order chi connectivity index (χ1) is 13.7. The third kappa shape index (κ3) is 4.09. The first-order valence-electron chi connectivity index (χ1n) is 8.85. The van der Waals surface area contributed by atoms with Crippen molar-refractivity contribution in [2.75, 3.05) is 12.4 Å². The number of benzene rings is 1. The molecule has 0 aliphatic carbocycles. The third-order valence-corrected chi connectivity index (χ3v) is 4.64. The quantitative estimate of drug-likeness (QED) is 0.781. The van der Waals surface area contributed by atoms with Crippen molar-refractivity contribution in [3.05, 3.63) is 59.2 Å². The number of nitrogens with two attached hydrogens (primary N) is 1. The summed E-state index contributed by atoms with van der Waals surface area (Å²) in [6.45, 7) is 3.34. The molecule has 29 heavy (non-hydrogen) atoms. The maximum absolute atomic E-state index is 14.6. The number of halogens is 1. The molecule has 0 saturated carbocycles. The lowest BCUT2D eigenvalue weighted by Gasteiger charge is -2.34. The highest BCUT2D eigenvalue weighted by Crippen LogP contribution is 2.35. The minimum Gasteiger partial charge on any atom is -0.369 e. The van der Waals surface area contributed by atoms with E-state index in [1.807, 2.05) is 0 Å². The van der Waals surface area contributed by atoms with Crippen LogP contribution in [0.25, 0.3) is 0 Å². The molecule has 3 rings (SSSR count). The molecule has 1 aromatic heterocycles. The molecule has 0 spiro atoms. The second-order valence-corrected chi connectivity index (χ2v) is 6.83. The third-order valence-electron chi connectivity index (χ3n) is 4.64. The Hall–Kier alpha value is -3.73. The van der Waals surface area contributed by atoms with E-state index < -0.39 is 17.3 Å². The number of pyridine rings is 1. The summed E-state index contributed by atoms with van der Waals surface area (Å²) < 4.78 is 14.6. The van der Waals surface area contributed by atoms with E-state index in [9.17, 15) is 14.0 Å². The van der Waals surface area contributed by atoms with Gasteiger partial charge in [-0.05, 0) is 44.2 Å². The number of hydrogen-bond donors (Lipinski definition) is 2. The lowest BCUT2D eigenvalue weighted by atomic mass is 9.87. The number of nitrogens with one attached hydrogen (secondary N) is 1. The lowest BCUT2D eigenvalue weighted by molar-refractivity contribution is -0.128. The van der Waals surface area contributed by atoms with Crippen molar-refractivity contribution in [1.82, 2.24) is 9.88 Å². The number of anilines is 1. The van der Waals surface area contributed by atoms with Crippen LogP contribution < -0.4 is 11.1 Å². The maximum atomic E-state index is 14.6. The van der Waals surface area contributed by atoms with Crippen LogP contribution in [0.2, 0.25) is 0 Å². The molecular formula is C21H20FN5O2. The zero-order chi connectivity index (χ0) is 21.2. The Kier molecular flexibility index (Phi) is 5.33. The molecule has 1 aliphatic heterocycles. The van der Waals surface area contributed by atoms with Crippen molar-refractivity contribution >= 4 is 23.5 Å². The van der Waals surface area contributed by atoms with Crippen LogP contribution in [0.1, 0.15) is 41.9 Å². The number of rotatable bonds is 3. The molecule has 0 unspecified atom stereocenters. The van der Waals surface area contributed by atoms with Crippen LogP contribution in [0.5, 0.6) is 0 Å². The summed E-state index contributed by atoms with van der Waals surface area (Å²) in [5.74, 6) is 4.35. The van der Waals surface area contributed by atoms with Gasteiger partial charge in [-0.15, -0.1) is 5.92 Å². The van der Waals surface area contributed by atoms with Gasteiger partial charge in [0.2, 0.25) is 5.91 Å². The normalized spacial score (nSPS) is 18.6. The Labute approximate surface area is 167 Å². The van der Waals surface area contributed by atoms with Crippen LogP contribution in [0.15, 0.2) is 41.5 Å². The standard InChI is InChI=1S/C21H20FN5O2/c1-4-5-13-6-9-17(24-12-13)19(29)25-14-7-8-16(22)15(10-14)21(2)11-18(28)27(3)20(23)26-21/h6-10,12H,11H2,1-3H3,(H2,23,26)(H,25,29)/t21-/m0/s1. The minimum absolute atomic E-state index is 0.0112. The Bertz CT molecular complexity index is 1070. The predicted octanol–water partition coefficient (Wildman–Crippen LogP) is 2.24. The van der Waals surface area contributed by atoms with Crippen LogP contribution in [0.4, 0.5) is 10.1 Å². The van der Waals surface area contributed by atoms with Gasteiger partial charge in [-0.25, -0.2) is 14.4 Å². The Balaban J connectivity index is 1.88. The lowest BCUT2D eigenvalue weighted by Crippen LogP contribution is -2.47. The van der Waals surface area contributed by atoms with E-state index in [0.29, 0.717) is 11.3 Å². The first-order valence-corrected chi connectivity index (χ1v) is 8.85. The maximum Gasteiger partial charge on any atom is 0.274 e. The molecule has 2 amide bonds. The molecule has 8 heteroatoms. The van der Waals surface area contributed by atoms with E-state index in [0.717, 1.165) is 0 Å². The average Bonchev–Trinajstić information content (AvgIpc) is 2.68. The largest absolute Gasteiger partial charge is 0.369 e. The zero-order valence-electron chi connectivity index (χ0n) is 16.3. The van der Waals surface area contributed by atoms with Crippen molar-refractivity contribution in [2.45, 2.75) is 25.8 Å². The number of aliphatic imine (C=N–C) groups is 1. The topological polar surface area (TPSA) is 101 Å². The van der Waals surface area contributed by atoms with E-state index in [1.54, 1.807) is 26.0 Å². The summed E-state index contributed by atoms with van der Waals surface area (Å²) in [5.41, 5.74) is 6.05. The monoisotopic (exact) mass is 393 g/mol. The molecule has 0 fully saturated rings. The number of amides is 2. The van der Waals surface area contributed by atoms with E-state index in [4.69, 9.17) is 5.73 Å². The molecule has 1 atom stereocenters. The highest BCUT2D eigenvalue weighted by molar-refractivity contribution is 6.03. The summed E-state index contributed by atoms with van der Waals surface area (Å²) in [6, 6.07) is 7.36. The number of carbonyl (C=O) groups is 2. The number of carbonyl (C=O) groups excluding carboxylic acids is 2. The molecular weight excluding hydrogens is 373 g/mol. The van der Waals surface area contributed by atoms with Gasteiger partial charge >= 0.3 is 0 Å². The Morgan fingerprint density at radius 3 is 2.72 bits per heavy atom. The smallest absolute Gasteiger partial charge is 0.274 e. The van der Waals surface area contributed by atoms with E-state index >= 15 is 0 Å². The summed E-state index contributed by atoms with van der Waals surface area (Å²) in [5, 5.41) is 2.69. The highest BCUT2D eigenvalue weighted by atomic mass is 19.1. The summed E-state index contributed by atoms with van der Waals surface area (Å²) in [4.78, 5) is 34.3. The van der Waals surface area contributed by atoms with Crippen molar-refractivity contribution in [1.29, 1.82) is 0 Å². The fourth-order valence-corrected chi connectivity index (χ4v) is 3.02. The molecule has 2 heterocycles. The molecule has 0 bridgehead atoms. The van der Waals surface area contributed by atoms with Gasteiger partial charge in [-0.1, -0.05) is 5.92 Å². The molecule has 3 N–H and O–H groups in total. The average molecular weight is 393 g/mol. The second-order valence-electron chi connectivity index (χ2n) is 6.83. The summed E-state index contributed by atoms with van der Waals surface area (Å²) in [6.07, 6.45) is 1.46. The van der Waals surface area contributed by atoms with Crippen molar-refractivity contribution in [2.24, 2.45) is 10.7 Å². The van der Waals surface area contributed by atoms with Crippen LogP contribution in [-0.4, -0.2) is 34.7 Å². The number of nitrogens with zero attached hydrogens (tertiary/aromatic N) is 3. The van der Waals surface area contributed by atoms with Crippen LogP contribution in [0.3, 0.4) is 0 Å². The highest BCUT2D eigenvalue weighted by Gasteiger charge is 2.38. The van der Waals surface area contributed by atoms with Crippen LogP contribution in [0, 0.1) is 17.7 Å². The fraction of sp³-hybridized carbons (Fsp3) is 0.238. The minimum atomic E-state index is -1.17. The van der Waals surface area contributed by atoms with Crippen LogP contribution in [-0.2, 0) is 10.3 Å². The molecule has 0 radical (unpaired) electrons. The predicted molar refractivity (Wildman–Crippen MR) is 108 cm³/mol. The van der Waals surface area contributed by atoms with E-state index in [2.05, 4.69) is 27.1 Å². The van der Waals surface area contributed by atoms with Gasteiger partial charge in [0.15, 0.2) is 5.96 Å². The van der Waals surface area contributed by atoms with Gasteiger partial charge in [0.05, 0.1) is 12.0 Å². The van der Waals surface area contributed by atoms with Gasteiger partial charge in [0, 0.05) is 30.1 Å². The molecule has 148 valence electrons. The van der Waals surface area contributed by atoms with Gasteiger partial charge in [0.1, 0.15) is 11.5 Å². The van der Waals surface area contributed by atoms with Crippen LogP contribution >= 0.6 is 0 Å². The van der Waals surface area contributed by atoms with Crippen molar-refractivity contribution in [3.8, 4) is 11.8 Å².